The molecule has 37 heavy (non-hydrogen) atoms. The third kappa shape index (κ3) is 4.10. The third-order valence-electron chi connectivity index (χ3n) is 7.11. The lowest BCUT2D eigenvalue weighted by Crippen LogP contribution is -2.52. The standard InChI is InChI=1S/C27H24N4O6/c32-22-9-18(11-28-23(22)33)16-3-6-19(7-4-16)27(25(35)29-26(36)30-27)14-31-12-17-5-8-20(10-21(17)24(31)34)37-13-15-1-2-15/h3-11,15,32H,1-2,12-14H2,(H,28,33)(H2,29,30,35,36)/t27-/m0/s1. The van der Waals surface area contributed by atoms with Gasteiger partial charge in [-0.1, -0.05) is 30.3 Å². The van der Waals surface area contributed by atoms with Crippen molar-refractivity contribution in [3.8, 4) is 22.6 Å². The molecule has 4 N–H and O–H groups in total. The largest absolute Gasteiger partial charge is 0.503 e. The average molecular weight is 501 g/mol. The molecule has 0 radical (unpaired) electrons. The number of aromatic hydroxyl groups is 1. The molecule has 0 bridgehead atoms. The second-order valence-electron chi connectivity index (χ2n) is 9.73. The summed E-state index contributed by atoms with van der Waals surface area (Å²) in [5.41, 5.74) is 1.03. The van der Waals surface area contributed by atoms with Gasteiger partial charge in [0, 0.05) is 23.9 Å². The molecule has 3 aliphatic rings. The molecule has 1 aliphatic carbocycles. The molecule has 0 spiro atoms. The van der Waals surface area contributed by atoms with Crippen LogP contribution in [0.3, 0.4) is 0 Å². The smallest absolute Gasteiger partial charge is 0.322 e. The van der Waals surface area contributed by atoms with Crippen molar-refractivity contribution in [2.24, 2.45) is 5.92 Å². The summed E-state index contributed by atoms with van der Waals surface area (Å²) >= 11 is 0. The van der Waals surface area contributed by atoms with Crippen molar-refractivity contribution in [3.05, 3.63) is 81.8 Å². The lowest BCUT2D eigenvalue weighted by molar-refractivity contribution is -0.124. The van der Waals surface area contributed by atoms with Gasteiger partial charge in [0.15, 0.2) is 11.3 Å². The van der Waals surface area contributed by atoms with Gasteiger partial charge in [-0.25, -0.2) is 4.79 Å². The molecule has 6 rings (SSSR count). The van der Waals surface area contributed by atoms with Gasteiger partial charge in [0.1, 0.15) is 5.75 Å². The number of benzene rings is 2. The molecule has 2 fully saturated rings. The van der Waals surface area contributed by atoms with E-state index in [9.17, 15) is 24.3 Å². The van der Waals surface area contributed by atoms with Crippen LogP contribution >= 0.6 is 0 Å². The predicted octanol–water partition coefficient (Wildman–Crippen LogP) is 2.23. The van der Waals surface area contributed by atoms with Gasteiger partial charge in [-0.15, -0.1) is 0 Å². The van der Waals surface area contributed by atoms with Crippen molar-refractivity contribution in [2.75, 3.05) is 13.2 Å². The summed E-state index contributed by atoms with van der Waals surface area (Å²) in [6, 6.07) is 13.0. The van der Waals surface area contributed by atoms with E-state index in [4.69, 9.17) is 4.74 Å². The Balaban J connectivity index is 1.27. The number of H-pyrrole nitrogens is 1. The van der Waals surface area contributed by atoms with Crippen molar-refractivity contribution in [1.82, 2.24) is 20.5 Å². The molecule has 4 amide bonds. The van der Waals surface area contributed by atoms with Crippen LogP contribution in [0, 0.1) is 5.92 Å². The quantitative estimate of drug-likeness (QED) is 0.367. The second kappa shape index (κ2) is 8.51. The number of rotatable bonds is 7. The third-order valence-corrected chi connectivity index (χ3v) is 7.11. The maximum Gasteiger partial charge on any atom is 0.322 e. The zero-order valence-corrected chi connectivity index (χ0v) is 19.7. The van der Waals surface area contributed by atoms with E-state index in [0.717, 1.165) is 5.56 Å². The number of urea groups is 1. The van der Waals surface area contributed by atoms with Crippen LogP contribution in [0.15, 0.2) is 59.5 Å². The Morgan fingerprint density at radius 2 is 1.78 bits per heavy atom. The molecule has 10 nitrogen and oxygen atoms in total. The van der Waals surface area contributed by atoms with Crippen molar-refractivity contribution in [3.63, 3.8) is 0 Å². The fourth-order valence-electron chi connectivity index (χ4n) is 4.83. The van der Waals surface area contributed by atoms with Gasteiger partial charge < -0.3 is 25.0 Å². The summed E-state index contributed by atoms with van der Waals surface area (Å²) in [4.78, 5) is 54.1. The zero-order chi connectivity index (χ0) is 25.7. The van der Waals surface area contributed by atoms with E-state index in [0.29, 0.717) is 47.1 Å². The molecule has 3 aromatic rings. The highest BCUT2D eigenvalue weighted by Crippen LogP contribution is 2.34. The number of nitrogens with zero attached hydrogens (tertiary/aromatic N) is 1. The molecule has 3 heterocycles. The van der Waals surface area contributed by atoms with E-state index < -0.39 is 28.8 Å². The topological polar surface area (TPSA) is 141 Å². The lowest BCUT2D eigenvalue weighted by Gasteiger charge is -2.31. The Bertz CT molecular complexity index is 1490. The minimum Gasteiger partial charge on any atom is -0.503 e. The summed E-state index contributed by atoms with van der Waals surface area (Å²) in [6.45, 7) is 0.881. The molecule has 10 heteroatoms. The first-order chi connectivity index (χ1) is 17.8. The van der Waals surface area contributed by atoms with E-state index in [-0.39, 0.29) is 12.5 Å². The normalized spacial score (nSPS) is 20.5. The minimum absolute atomic E-state index is 0.0604. The lowest BCUT2D eigenvalue weighted by atomic mass is 9.88. The molecule has 1 atom stereocenters. The van der Waals surface area contributed by atoms with Crippen molar-refractivity contribution >= 4 is 17.8 Å². The van der Waals surface area contributed by atoms with Crippen molar-refractivity contribution < 1.29 is 24.2 Å². The Hall–Kier alpha value is -4.60. The highest BCUT2D eigenvalue weighted by atomic mass is 16.5. The van der Waals surface area contributed by atoms with Gasteiger partial charge in [-0.2, -0.15) is 0 Å². The summed E-state index contributed by atoms with van der Waals surface area (Å²) in [5, 5.41) is 14.8. The van der Waals surface area contributed by atoms with Crippen LogP contribution in [0.5, 0.6) is 11.5 Å². The first kappa shape index (κ1) is 22.8. The maximum absolute atomic E-state index is 13.3. The first-order valence-corrected chi connectivity index (χ1v) is 12.0. The van der Waals surface area contributed by atoms with Gasteiger partial charge in [0.25, 0.3) is 17.4 Å². The number of fused-ring (bicyclic) bond motifs is 1. The SMILES string of the molecule is O=C1NC(=O)[C@](CN2Cc3ccc(OCC4CC4)cc3C2=O)(c2ccc(-c3c[nH]c(=O)c(O)c3)cc2)N1. The number of aromatic nitrogens is 1. The van der Waals surface area contributed by atoms with Crippen LogP contribution in [0.2, 0.25) is 0 Å². The molecule has 1 saturated heterocycles. The molecule has 0 unspecified atom stereocenters. The minimum atomic E-state index is -1.48. The molecule has 1 aromatic heterocycles. The fourth-order valence-corrected chi connectivity index (χ4v) is 4.83. The monoisotopic (exact) mass is 500 g/mol. The Kier molecular flexibility index (Phi) is 5.25. The summed E-state index contributed by atoms with van der Waals surface area (Å²) in [5.74, 6) is 0.0378. The average Bonchev–Trinajstić information content (AvgIpc) is 3.61. The fraction of sp³-hybridized carbons (Fsp3) is 0.259. The van der Waals surface area contributed by atoms with Gasteiger partial charge in [-0.05, 0) is 53.6 Å². The molecular formula is C27H24N4O6. The number of imide groups is 1. The van der Waals surface area contributed by atoms with Crippen LogP contribution in [-0.2, 0) is 16.9 Å². The number of aromatic amines is 1. The zero-order valence-electron chi connectivity index (χ0n) is 19.7. The van der Waals surface area contributed by atoms with Crippen LogP contribution in [0.25, 0.3) is 11.1 Å². The summed E-state index contributed by atoms with van der Waals surface area (Å²) < 4.78 is 5.83. The number of amides is 4. The van der Waals surface area contributed by atoms with Gasteiger partial charge in [-0.3, -0.25) is 19.7 Å². The van der Waals surface area contributed by atoms with Crippen molar-refractivity contribution in [1.29, 1.82) is 0 Å². The number of carbonyl (C=O) groups excluding carboxylic acids is 3. The number of hydrogen-bond donors (Lipinski definition) is 4. The molecule has 1 saturated carbocycles. The van der Waals surface area contributed by atoms with Crippen LogP contribution in [-0.4, -0.2) is 46.0 Å². The maximum atomic E-state index is 13.3. The highest BCUT2D eigenvalue weighted by molar-refractivity contribution is 6.08. The second-order valence-corrected chi connectivity index (χ2v) is 9.73. The molecule has 188 valence electrons. The Labute approximate surface area is 211 Å². The Morgan fingerprint density at radius 1 is 1.00 bits per heavy atom. The van der Waals surface area contributed by atoms with Crippen LogP contribution < -0.4 is 20.9 Å². The molecular weight excluding hydrogens is 476 g/mol. The van der Waals surface area contributed by atoms with E-state index >= 15 is 0 Å². The van der Waals surface area contributed by atoms with Gasteiger partial charge in [0.2, 0.25) is 0 Å². The Morgan fingerprint density at radius 3 is 2.46 bits per heavy atom. The predicted molar refractivity (Wildman–Crippen MR) is 132 cm³/mol. The number of hydrogen-bond acceptors (Lipinski definition) is 6. The summed E-state index contributed by atoms with van der Waals surface area (Å²) in [7, 11) is 0. The van der Waals surface area contributed by atoms with Crippen LogP contribution in [0.1, 0.15) is 34.3 Å². The number of nitrogens with one attached hydrogen (secondary N) is 3. The van der Waals surface area contributed by atoms with E-state index in [1.807, 2.05) is 12.1 Å². The van der Waals surface area contributed by atoms with E-state index in [1.165, 1.54) is 25.1 Å². The highest BCUT2D eigenvalue weighted by Gasteiger charge is 2.50. The van der Waals surface area contributed by atoms with E-state index in [1.54, 1.807) is 35.2 Å². The first-order valence-electron chi connectivity index (χ1n) is 12.0. The molecule has 2 aliphatic heterocycles. The van der Waals surface area contributed by atoms with Crippen LogP contribution in [0.4, 0.5) is 4.79 Å². The number of ether oxygens (including phenoxy) is 1. The van der Waals surface area contributed by atoms with E-state index in [2.05, 4.69) is 15.6 Å². The van der Waals surface area contributed by atoms with Gasteiger partial charge in [0.05, 0.1) is 13.2 Å². The van der Waals surface area contributed by atoms with Crippen molar-refractivity contribution in [2.45, 2.75) is 24.9 Å². The summed E-state index contributed by atoms with van der Waals surface area (Å²) in [6.07, 6.45) is 3.81. The molecule has 2 aromatic carbocycles. The van der Waals surface area contributed by atoms with Gasteiger partial charge >= 0.3 is 6.03 Å². The number of pyridine rings is 1. The number of carbonyl (C=O) groups is 3.